The van der Waals surface area contributed by atoms with Gasteiger partial charge in [-0.25, -0.2) is 9.18 Å². The molecule has 2 N–H and O–H groups in total. The highest BCUT2D eigenvalue weighted by molar-refractivity contribution is 5.96. The molecule has 0 bridgehead atoms. The van der Waals surface area contributed by atoms with Crippen LogP contribution in [0.2, 0.25) is 0 Å². The van der Waals surface area contributed by atoms with Gasteiger partial charge in [0.2, 0.25) is 5.75 Å². The number of amides is 2. The molecule has 1 aromatic carbocycles. The molecular weight excluding hydrogens is 371 g/mol. The first-order valence-corrected chi connectivity index (χ1v) is 8.62. The summed E-state index contributed by atoms with van der Waals surface area (Å²) in [4.78, 5) is 42.8. The van der Waals surface area contributed by atoms with Crippen LogP contribution in [0, 0.1) is 5.82 Å². The average molecular weight is 388 g/mol. The first-order valence-electron chi connectivity index (χ1n) is 8.62. The van der Waals surface area contributed by atoms with Crippen LogP contribution in [0.5, 0.6) is 5.75 Å². The Labute approximate surface area is 158 Å². The molecule has 2 aliphatic rings. The number of aromatic nitrogens is 2. The molecular formula is C18H17FN4O5. The minimum atomic E-state index is -1.19. The Kier molecular flexibility index (Phi) is 4.06. The second kappa shape index (κ2) is 6.32. The third-order valence-corrected chi connectivity index (χ3v) is 5.27. The van der Waals surface area contributed by atoms with Gasteiger partial charge in [0.05, 0.1) is 12.1 Å². The number of carbonyl (C=O) groups excluding carboxylic acids is 1. The summed E-state index contributed by atoms with van der Waals surface area (Å²) in [6, 6.07) is 4.64. The van der Waals surface area contributed by atoms with Crippen molar-refractivity contribution in [2.75, 3.05) is 13.6 Å². The summed E-state index contributed by atoms with van der Waals surface area (Å²) in [6.07, 6.45) is -0.867. The van der Waals surface area contributed by atoms with Crippen molar-refractivity contribution in [3.05, 3.63) is 57.5 Å². The van der Waals surface area contributed by atoms with Crippen molar-refractivity contribution in [2.45, 2.75) is 25.0 Å². The van der Waals surface area contributed by atoms with Crippen molar-refractivity contribution in [2.24, 2.45) is 0 Å². The molecule has 0 radical (unpaired) electrons. The molecule has 0 saturated carbocycles. The van der Waals surface area contributed by atoms with Crippen LogP contribution in [-0.4, -0.2) is 55.2 Å². The van der Waals surface area contributed by atoms with E-state index in [-0.39, 0.29) is 30.6 Å². The lowest BCUT2D eigenvalue weighted by Gasteiger charge is -2.33. The third-order valence-electron chi connectivity index (χ3n) is 5.27. The predicted molar refractivity (Wildman–Crippen MR) is 93.5 cm³/mol. The van der Waals surface area contributed by atoms with Gasteiger partial charge in [0, 0.05) is 20.1 Å². The lowest BCUT2D eigenvalue weighted by atomic mass is 10.1. The summed E-state index contributed by atoms with van der Waals surface area (Å²) in [5.41, 5.74) is -0.464. The largest absolute Gasteiger partial charge is 0.501 e. The van der Waals surface area contributed by atoms with Gasteiger partial charge in [-0.05, 0) is 24.1 Å². The molecule has 0 saturated heterocycles. The molecule has 1 aromatic heterocycles. The van der Waals surface area contributed by atoms with E-state index in [4.69, 9.17) is 0 Å². The van der Waals surface area contributed by atoms with Crippen molar-refractivity contribution in [1.29, 1.82) is 0 Å². The molecule has 0 spiro atoms. The number of carbonyl (C=O) groups is 2. The molecule has 4 rings (SSSR count). The predicted octanol–water partition coefficient (Wildman–Crippen LogP) is 1.34. The highest BCUT2D eigenvalue weighted by Crippen LogP contribution is 2.42. The van der Waals surface area contributed by atoms with Crippen molar-refractivity contribution in [3.63, 3.8) is 0 Å². The Morgan fingerprint density at radius 3 is 2.64 bits per heavy atom. The zero-order valence-electron chi connectivity index (χ0n) is 14.9. The summed E-state index contributed by atoms with van der Waals surface area (Å²) in [7, 11) is 1.37. The van der Waals surface area contributed by atoms with Crippen molar-refractivity contribution in [3.8, 4) is 5.75 Å². The summed E-state index contributed by atoms with van der Waals surface area (Å²) in [6.45, 7) is 0.421. The molecule has 28 heavy (non-hydrogen) atoms. The Morgan fingerprint density at radius 2 is 2.00 bits per heavy atom. The van der Waals surface area contributed by atoms with Crippen molar-refractivity contribution in [1.82, 2.24) is 19.4 Å². The average Bonchev–Trinajstić information content (AvgIpc) is 3.00. The van der Waals surface area contributed by atoms with E-state index in [1.807, 2.05) is 0 Å². The van der Waals surface area contributed by atoms with Crippen molar-refractivity contribution < 1.29 is 24.2 Å². The van der Waals surface area contributed by atoms with Crippen LogP contribution < -0.4 is 5.56 Å². The molecule has 2 unspecified atom stereocenters. The van der Waals surface area contributed by atoms with Gasteiger partial charge in [0.1, 0.15) is 11.6 Å². The fourth-order valence-electron chi connectivity index (χ4n) is 3.87. The van der Waals surface area contributed by atoms with Crippen LogP contribution in [0.1, 0.15) is 40.4 Å². The quantitative estimate of drug-likeness (QED) is 0.820. The third kappa shape index (κ3) is 2.68. The van der Waals surface area contributed by atoms with Crippen LogP contribution in [0.25, 0.3) is 0 Å². The van der Waals surface area contributed by atoms with Crippen LogP contribution in [0.4, 0.5) is 9.18 Å². The van der Waals surface area contributed by atoms with Crippen LogP contribution in [0.3, 0.4) is 0 Å². The van der Waals surface area contributed by atoms with Crippen LogP contribution >= 0.6 is 0 Å². The van der Waals surface area contributed by atoms with Crippen LogP contribution in [0.15, 0.2) is 29.1 Å². The van der Waals surface area contributed by atoms with Crippen molar-refractivity contribution >= 4 is 12.0 Å². The molecule has 2 amide bonds. The van der Waals surface area contributed by atoms with Crippen LogP contribution in [-0.2, 0) is 6.54 Å². The van der Waals surface area contributed by atoms with Gasteiger partial charge in [-0.1, -0.05) is 12.1 Å². The molecule has 2 aromatic rings. The summed E-state index contributed by atoms with van der Waals surface area (Å²) in [5, 5.41) is 19.5. The van der Waals surface area contributed by atoms with Gasteiger partial charge < -0.3 is 24.6 Å². The molecule has 9 nitrogen and oxygen atoms in total. The van der Waals surface area contributed by atoms with E-state index in [1.54, 1.807) is 12.1 Å². The molecule has 10 heteroatoms. The van der Waals surface area contributed by atoms with Gasteiger partial charge >= 0.3 is 11.7 Å². The maximum Gasteiger partial charge on any atom is 0.407 e. The molecule has 2 atom stereocenters. The fraction of sp³-hybridized carbons (Fsp3) is 0.333. The van der Waals surface area contributed by atoms with E-state index in [2.05, 4.69) is 4.98 Å². The van der Waals surface area contributed by atoms with E-state index in [0.29, 0.717) is 12.0 Å². The number of rotatable bonds is 3. The van der Waals surface area contributed by atoms with E-state index >= 15 is 0 Å². The smallest absolute Gasteiger partial charge is 0.407 e. The highest BCUT2D eigenvalue weighted by atomic mass is 19.1. The number of carboxylic acid groups (broad SMARTS) is 1. The van der Waals surface area contributed by atoms with Gasteiger partial charge in [0.15, 0.2) is 5.69 Å². The standard InChI is InChI=1S/C18H17FN4O5/c1-21(18(27)28)12-6-11-8-22(7-9-2-4-10(19)5-3-9)17(26)13-14(24)16(25)20-15(12)23(11)13/h2-5,11-12,24H,6-8H2,1H3,(H,27,28). The van der Waals surface area contributed by atoms with E-state index in [0.717, 1.165) is 4.90 Å². The van der Waals surface area contributed by atoms with E-state index < -0.39 is 35.2 Å². The van der Waals surface area contributed by atoms with Gasteiger partial charge in [-0.2, -0.15) is 4.98 Å². The highest BCUT2D eigenvalue weighted by Gasteiger charge is 2.45. The normalized spacial score (nSPS) is 20.2. The Morgan fingerprint density at radius 1 is 1.32 bits per heavy atom. The molecule has 0 fully saturated rings. The Balaban J connectivity index is 1.76. The van der Waals surface area contributed by atoms with E-state index in [9.17, 15) is 29.0 Å². The molecule has 146 valence electrons. The zero-order valence-corrected chi connectivity index (χ0v) is 14.9. The van der Waals surface area contributed by atoms with Gasteiger partial charge in [-0.15, -0.1) is 0 Å². The minimum absolute atomic E-state index is 0.155. The Hall–Kier alpha value is -3.43. The minimum Gasteiger partial charge on any atom is -0.501 e. The number of benzene rings is 1. The van der Waals surface area contributed by atoms with Gasteiger partial charge in [-0.3, -0.25) is 9.59 Å². The first-order chi connectivity index (χ1) is 13.3. The molecule has 0 aliphatic carbocycles. The summed E-state index contributed by atoms with van der Waals surface area (Å²) < 4.78 is 14.6. The fourth-order valence-corrected chi connectivity index (χ4v) is 3.87. The summed E-state index contributed by atoms with van der Waals surface area (Å²) in [5.74, 6) is -1.55. The topological polar surface area (TPSA) is 116 Å². The second-order valence-corrected chi connectivity index (χ2v) is 6.95. The summed E-state index contributed by atoms with van der Waals surface area (Å²) >= 11 is 0. The maximum atomic E-state index is 13.1. The maximum absolute atomic E-state index is 13.1. The zero-order chi connectivity index (χ0) is 20.2. The number of aromatic hydroxyl groups is 1. The molecule has 2 aliphatic heterocycles. The monoisotopic (exact) mass is 388 g/mol. The van der Waals surface area contributed by atoms with E-state index in [1.165, 1.54) is 28.6 Å². The number of hydrogen-bond donors (Lipinski definition) is 2. The first kappa shape index (κ1) is 18.0. The number of nitrogens with zero attached hydrogens (tertiary/aromatic N) is 4. The SMILES string of the molecule is CN(C(=O)O)C1CC2CN(Cc3ccc(F)cc3)C(=O)c3c(O)c(=O)nc1n32. The lowest BCUT2D eigenvalue weighted by molar-refractivity contribution is 0.0645. The van der Waals surface area contributed by atoms with Gasteiger partial charge in [0.25, 0.3) is 5.91 Å². The second-order valence-electron chi connectivity index (χ2n) is 6.95. The number of halogens is 1. The molecule has 3 heterocycles. The Bertz CT molecular complexity index is 1040. The number of hydrogen-bond acceptors (Lipinski definition) is 5. The lowest BCUT2D eigenvalue weighted by Crippen LogP contribution is -2.43.